The Balaban J connectivity index is 1.74. The van der Waals surface area contributed by atoms with E-state index >= 15 is 0 Å². The van der Waals surface area contributed by atoms with Crippen molar-refractivity contribution in [2.75, 3.05) is 5.32 Å². The van der Waals surface area contributed by atoms with Gasteiger partial charge in [0.2, 0.25) is 0 Å². The molecular formula is C19H13F2N3O7. The molecular weight excluding hydrogens is 420 g/mol. The van der Waals surface area contributed by atoms with Gasteiger partial charge >= 0.3 is 0 Å². The highest BCUT2D eigenvalue weighted by atomic mass is 19.1. The Bertz CT molecular complexity index is 1160. The summed E-state index contributed by atoms with van der Waals surface area (Å²) in [6.07, 6.45) is 0. The number of ether oxygens (including phenoxy) is 1. The Morgan fingerprint density at radius 1 is 1.06 bits per heavy atom. The van der Waals surface area contributed by atoms with Crippen LogP contribution < -0.4 is 10.1 Å². The zero-order chi connectivity index (χ0) is 22.7. The maximum atomic E-state index is 13.6. The molecule has 0 fully saturated rings. The van der Waals surface area contributed by atoms with Crippen LogP contribution in [0.2, 0.25) is 0 Å². The van der Waals surface area contributed by atoms with Crippen molar-refractivity contribution in [3.05, 3.63) is 91.4 Å². The molecule has 160 valence electrons. The Morgan fingerprint density at radius 2 is 1.71 bits per heavy atom. The van der Waals surface area contributed by atoms with Gasteiger partial charge in [0.15, 0.2) is 17.3 Å². The van der Waals surface area contributed by atoms with Crippen LogP contribution >= 0.6 is 0 Å². The summed E-state index contributed by atoms with van der Waals surface area (Å²) in [5.74, 6) is -2.81. The first-order chi connectivity index (χ1) is 14.7. The fourth-order valence-corrected chi connectivity index (χ4v) is 2.65. The number of halogens is 2. The molecule has 0 bridgehead atoms. The minimum Gasteiger partial charge on any atom is -0.483 e. The van der Waals surface area contributed by atoms with E-state index in [2.05, 4.69) is 5.32 Å². The number of carbonyl (C=O) groups excluding carboxylic acids is 1. The fraction of sp³-hybridized carbons (Fsp3) is 0.105. The van der Waals surface area contributed by atoms with Crippen LogP contribution in [0.25, 0.3) is 0 Å². The third kappa shape index (κ3) is 4.80. The number of amides is 1. The molecule has 1 heterocycles. The van der Waals surface area contributed by atoms with Crippen molar-refractivity contribution >= 4 is 23.0 Å². The molecule has 0 atom stereocenters. The monoisotopic (exact) mass is 433 g/mol. The van der Waals surface area contributed by atoms with Gasteiger partial charge in [-0.05, 0) is 31.2 Å². The lowest BCUT2D eigenvalue weighted by molar-refractivity contribution is -0.395. The van der Waals surface area contributed by atoms with Crippen LogP contribution in [0.4, 0.5) is 25.8 Å². The molecule has 0 aliphatic heterocycles. The van der Waals surface area contributed by atoms with E-state index in [1.54, 1.807) is 0 Å². The smallest absolute Gasteiger partial charge is 0.291 e. The molecule has 0 radical (unpaired) electrons. The molecule has 0 aliphatic rings. The largest absolute Gasteiger partial charge is 0.483 e. The maximum Gasteiger partial charge on any atom is 0.291 e. The number of rotatable bonds is 7. The number of nitro groups is 2. The molecule has 0 unspecified atom stereocenters. The summed E-state index contributed by atoms with van der Waals surface area (Å²) in [4.78, 5) is 33.0. The van der Waals surface area contributed by atoms with Crippen LogP contribution in [0.5, 0.6) is 5.75 Å². The first-order valence-corrected chi connectivity index (χ1v) is 8.57. The highest BCUT2D eigenvalue weighted by molar-refractivity contribution is 6.02. The van der Waals surface area contributed by atoms with E-state index in [-0.39, 0.29) is 35.1 Å². The standard InChI is InChI=1S/C19H13F2N3O7/c1-10-15(23(26)27)7-12(8-16(10)24(28)29)22-19(25)18-5-3-13(31-18)9-30-17-4-2-11(20)6-14(17)21/h2-8H,9H2,1H3,(H,22,25). The average molecular weight is 433 g/mol. The fourth-order valence-electron chi connectivity index (χ4n) is 2.65. The third-order valence-electron chi connectivity index (χ3n) is 4.15. The van der Waals surface area contributed by atoms with Crippen molar-refractivity contribution in [3.63, 3.8) is 0 Å². The van der Waals surface area contributed by atoms with Gasteiger partial charge in [0, 0.05) is 18.2 Å². The molecule has 31 heavy (non-hydrogen) atoms. The van der Waals surface area contributed by atoms with Gasteiger partial charge in [-0.3, -0.25) is 25.0 Å². The predicted molar refractivity (Wildman–Crippen MR) is 102 cm³/mol. The number of hydrogen-bond donors (Lipinski definition) is 1. The number of nitro benzene ring substituents is 2. The average Bonchev–Trinajstić information content (AvgIpc) is 3.17. The molecule has 3 rings (SSSR count). The Hall–Kier alpha value is -4.35. The van der Waals surface area contributed by atoms with Crippen molar-refractivity contribution in [3.8, 4) is 5.75 Å². The zero-order valence-electron chi connectivity index (χ0n) is 15.8. The lowest BCUT2D eigenvalue weighted by atomic mass is 10.1. The van der Waals surface area contributed by atoms with E-state index in [9.17, 15) is 33.8 Å². The van der Waals surface area contributed by atoms with E-state index in [1.807, 2.05) is 0 Å². The number of benzene rings is 2. The summed E-state index contributed by atoms with van der Waals surface area (Å²) < 4.78 is 36.9. The summed E-state index contributed by atoms with van der Waals surface area (Å²) in [6, 6.07) is 7.38. The second-order valence-corrected chi connectivity index (χ2v) is 6.24. The molecule has 0 aliphatic carbocycles. The second-order valence-electron chi connectivity index (χ2n) is 6.24. The number of furan rings is 1. The molecule has 0 saturated heterocycles. The van der Waals surface area contributed by atoms with Gasteiger partial charge in [0.1, 0.15) is 23.7 Å². The molecule has 0 saturated carbocycles. The van der Waals surface area contributed by atoms with Gasteiger partial charge in [0.05, 0.1) is 15.5 Å². The second kappa shape index (κ2) is 8.57. The lowest BCUT2D eigenvalue weighted by Crippen LogP contribution is -2.12. The van der Waals surface area contributed by atoms with Crippen LogP contribution in [-0.2, 0) is 6.61 Å². The third-order valence-corrected chi connectivity index (χ3v) is 4.15. The Morgan fingerprint density at radius 3 is 2.29 bits per heavy atom. The van der Waals surface area contributed by atoms with Crippen LogP contribution in [0.1, 0.15) is 21.9 Å². The molecule has 1 N–H and O–H groups in total. The van der Waals surface area contributed by atoms with E-state index in [0.717, 1.165) is 24.3 Å². The molecule has 1 amide bonds. The summed E-state index contributed by atoms with van der Waals surface area (Å²) in [7, 11) is 0. The Labute approximate surface area is 172 Å². The number of anilines is 1. The summed E-state index contributed by atoms with van der Waals surface area (Å²) >= 11 is 0. The topological polar surface area (TPSA) is 138 Å². The van der Waals surface area contributed by atoms with Gasteiger partial charge in [-0.1, -0.05) is 0 Å². The minimum absolute atomic E-state index is 0.134. The highest BCUT2D eigenvalue weighted by Crippen LogP contribution is 2.32. The van der Waals surface area contributed by atoms with Gasteiger partial charge < -0.3 is 14.5 Å². The highest BCUT2D eigenvalue weighted by Gasteiger charge is 2.24. The summed E-state index contributed by atoms with van der Waals surface area (Å²) in [5, 5.41) is 24.6. The predicted octanol–water partition coefficient (Wildman–Crippen LogP) is 4.51. The van der Waals surface area contributed by atoms with Crippen LogP contribution in [-0.4, -0.2) is 15.8 Å². The first-order valence-electron chi connectivity index (χ1n) is 8.57. The minimum atomic E-state index is -0.910. The normalized spacial score (nSPS) is 10.5. The van der Waals surface area contributed by atoms with Crippen LogP contribution in [0.15, 0.2) is 46.9 Å². The molecule has 0 spiro atoms. The van der Waals surface area contributed by atoms with Crippen molar-refractivity contribution in [1.29, 1.82) is 0 Å². The van der Waals surface area contributed by atoms with Crippen LogP contribution in [0.3, 0.4) is 0 Å². The van der Waals surface area contributed by atoms with Crippen molar-refractivity contribution in [2.24, 2.45) is 0 Å². The van der Waals surface area contributed by atoms with Gasteiger partial charge in [-0.2, -0.15) is 0 Å². The first kappa shape index (κ1) is 21.4. The van der Waals surface area contributed by atoms with E-state index in [4.69, 9.17) is 9.15 Å². The van der Waals surface area contributed by atoms with Crippen molar-refractivity contribution < 1.29 is 32.6 Å². The van der Waals surface area contributed by atoms with E-state index in [1.165, 1.54) is 19.1 Å². The van der Waals surface area contributed by atoms with Crippen molar-refractivity contribution in [2.45, 2.75) is 13.5 Å². The van der Waals surface area contributed by atoms with Crippen molar-refractivity contribution in [1.82, 2.24) is 0 Å². The maximum absolute atomic E-state index is 13.6. The number of nitrogens with zero attached hydrogens (tertiary/aromatic N) is 2. The Kier molecular flexibility index (Phi) is 5.90. The molecule has 10 nitrogen and oxygen atoms in total. The zero-order valence-corrected chi connectivity index (χ0v) is 15.8. The van der Waals surface area contributed by atoms with Crippen LogP contribution in [0, 0.1) is 38.8 Å². The SMILES string of the molecule is Cc1c([N+](=O)[O-])cc(NC(=O)c2ccc(COc3ccc(F)cc3F)o2)cc1[N+](=O)[O-]. The van der Waals surface area contributed by atoms with Gasteiger partial charge in [0.25, 0.3) is 17.3 Å². The summed E-state index contributed by atoms with van der Waals surface area (Å²) in [6.45, 7) is 0.960. The van der Waals surface area contributed by atoms with Gasteiger partial charge in [-0.15, -0.1) is 0 Å². The van der Waals surface area contributed by atoms with E-state index < -0.39 is 38.8 Å². The lowest BCUT2D eigenvalue weighted by Gasteiger charge is -2.06. The molecule has 12 heteroatoms. The van der Waals surface area contributed by atoms with Gasteiger partial charge in [-0.25, -0.2) is 8.78 Å². The molecule has 1 aromatic heterocycles. The molecule has 3 aromatic rings. The quantitative estimate of drug-likeness (QED) is 0.427. The number of hydrogen-bond acceptors (Lipinski definition) is 7. The number of carbonyl (C=O) groups is 1. The summed E-state index contributed by atoms with van der Waals surface area (Å²) in [5.41, 5.74) is -1.38. The molecule has 2 aromatic carbocycles. The number of nitrogens with one attached hydrogen (secondary N) is 1. The van der Waals surface area contributed by atoms with E-state index in [0.29, 0.717) is 6.07 Å².